The highest BCUT2D eigenvalue weighted by atomic mass is 16.4. The average molecular weight is 284 g/mol. The van der Waals surface area contributed by atoms with E-state index < -0.39 is 5.97 Å². The molecule has 0 saturated heterocycles. The van der Waals surface area contributed by atoms with Crippen molar-refractivity contribution in [1.82, 2.24) is 0 Å². The molecule has 0 saturated carbocycles. The number of carbonyl (C=O) groups is 1. The van der Waals surface area contributed by atoms with Crippen molar-refractivity contribution < 1.29 is 9.90 Å². The van der Waals surface area contributed by atoms with Gasteiger partial charge in [-0.05, 0) is 57.9 Å². The van der Waals surface area contributed by atoms with Crippen molar-refractivity contribution in [2.24, 2.45) is 4.99 Å². The van der Waals surface area contributed by atoms with Crippen LogP contribution in [0, 0.1) is 0 Å². The Balaban J connectivity index is 2.43. The first-order valence-corrected chi connectivity index (χ1v) is 7.01. The van der Waals surface area contributed by atoms with Crippen molar-refractivity contribution in [2.75, 3.05) is 4.90 Å². The van der Waals surface area contributed by atoms with E-state index in [-0.39, 0.29) is 5.56 Å². The second-order valence-corrected chi connectivity index (χ2v) is 5.11. The van der Waals surface area contributed by atoms with E-state index in [9.17, 15) is 4.79 Å². The molecule has 0 atom stereocenters. The van der Waals surface area contributed by atoms with E-state index in [0.717, 1.165) is 35.8 Å². The van der Waals surface area contributed by atoms with Gasteiger partial charge in [0.25, 0.3) is 0 Å². The van der Waals surface area contributed by atoms with Gasteiger partial charge in [-0.25, -0.2) is 9.79 Å². The lowest BCUT2D eigenvalue weighted by Gasteiger charge is -2.25. The van der Waals surface area contributed by atoms with Crippen LogP contribution in [0.25, 0.3) is 0 Å². The molecule has 0 radical (unpaired) electrons. The number of carboxylic acid groups (broad SMARTS) is 1. The van der Waals surface area contributed by atoms with Crippen molar-refractivity contribution in [3.8, 4) is 0 Å². The van der Waals surface area contributed by atoms with E-state index in [4.69, 9.17) is 5.11 Å². The molecule has 0 aliphatic carbocycles. The number of aliphatic imine (C=N–C) groups is 1. The summed E-state index contributed by atoms with van der Waals surface area (Å²) in [6.45, 7) is 6.01. The van der Waals surface area contributed by atoms with Crippen molar-refractivity contribution >= 4 is 17.5 Å². The molecule has 21 heavy (non-hydrogen) atoms. The van der Waals surface area contributed by atoms with Crippen LogP contribution < -0.4 is 4.90 Å². The third-order valence-electron chi connectivity index (χ3n) is 3.43. The number of amidine groups is 1. The Morgan fingerprint density at radius 3 is 2.33 bits per heavy atom. The van der Waals surface area contributed by atoms with Crippen molar-refractivity contribution in [3.05, 3.63) is 53.4 Å². The number of hydrogen-bond acceptors (Lipinski definition) is 3. The minimum atomic E-state index is -0.914. The number of hydrogen-bond donors (Lipinski definition) is 1. The molecule has 2 rings (SSSR count). The third-order valence-corrected chi connectivity index (χ3v) is 3.43. The maximum absolute atomic E-state index is 10.9. The molecule has 0 unspecified atom stereocenters. The predicted octanol–water partition coefficient (Wildman–Crippen LogP) is 4.21. The van der Waals surface area contributed by atoms with Gasteiger partial charge in [0.05, 0.1) is 5.56 Å². The molecule has 0 aromatic heterocycles. The van der Waals surface area contributed by atoms with Gasteiger partial charge < -0.3 is 10.0 Å². The van der Waals surface area contributed by atoms with Crippen LogP contribution in [-0.2, 0) is 0 Å². The summed E-state index contributed by atoms with van der Waals surface area (Å²) in [6, 6.07) is 6.87. The Kier molecular flexibility index (Phi) is 4.58. The first-order valence-electron chi connectivity index (χ1n) is 7.01. The maximum atomic E-state index is 10.9. The number of rotatable bonds is 2. The molecule has 0 spiro atoms. The van der Waals surface area contributed by atoms with Crippen LogP contribution in [0.4, 0.5) is 5.69 Å². The predicted molar refractivity (Wildman–Crippen MR) is 85.7 cm³/mol. The molecule has 1 aromatic rings. The number of nitrogens with zero attached hydrogens (tertiary/aromatic N) is 2. The van der Waals surface area contributed by atoms with E-state index in [1.54, 1.807) is 12.1 Å². The van der Waals surface area contributed by atoms with Gasteiger partial charge >= 0.3 is 5.97 Å². The maximum Gasteiger partial charge on any atom is 0.335 e. The molecular formula is C17H20N2O2. The zero-order chi connectivity index (χ0) is 15.4. The highest BCUT2D eigenvalue weighted by Gasteiger charge is 2.14. The van der Waals surface area contributed by atoms with Crippen molar-refractivity contribution in [2.45, 2.75) is 33.6 Å². The fraction of sp³-hybridized carbons (Fsp3) is 0.294. The first-order chi connectivity index (χ1) is 9.99. The minimum absolute atomic E-state index is 0.287. The highest BCUT2D eigenvalue weighted by Crippen LogP contribution is 2.23. The first kappa shape index (κ1) is 15.0. The summed E-state index contributed by atoms with van der Waals surface area (Å²) in [7, 11) is 0. The number of aromatic carboxylic acids is 1. The van der Waals surface area contributed by atoms with E-state index in [2.05, 4.69) is 17.1 Å². The van der Waals surface area contributed by atoms with Gasteiger partial charge in [0.1, 0.15) is 5.84 Å². The van der Waals surface area contributed by atoms with Crippen LogP contribution in [0.2, 0.25) is 0 Å². The molecule has 4 heteroatoms. The Hall–Kier alpha value is -2.36. The summed E-state index contributed by atoms with van der Waals surface area (Å²) in [4.78, 5) is 17.6. The summed E-state index contributed by atoms with van der Waals surface area (Å²) < 4.78 is 0. The number of benzene rings is 1. The lowest BCUT2D eigenvalue weighted by Crippen LogP contribution is -2.26. The molecular weight excluding hydrogens is 264 g/mol. The van der Waals surface area contributed by atoms with E-state index in [1.807, 2.05) is 37.8 Å². The van der Waals surface area contributed by atoms with Gasteiger partial charge in [-0.3, -0.25) is 0 Å². The van der Waals surface area contributed by atoms with Gasteiger partial charge in [-0.1, -0.05) is 12.2 Å². The van der Waals surface area contributed by atoms with Crippen LogP contribution >= 0.6 is 0 Å². The van der Waals surface area contributed by atoms with Gasteiger partial charge in [-0.2, -0.15) is 0 Å². The second-order valence-electron chi connectivity index (χ2n) is 5.11. The zero-order valence-corrected chi connectivity index (χ0v) is 12.6. The van der Waals surface area contributed by atoms with Gasteiger partial charge in [0.15, 0.2) is 0 Å². The van der Waals surface area contributed by atoms with E-state index in [1.165, 1.54) is 0 Å². The SMILES string of the molecule is C/C1=N/C(C)=C/CC/C=C(\C)N1c1ccc(C(=O)O)cc1. The summed E-state index contributed by atoms with van der Waals surface area (Å²) in [6.07, 6.45) is 6.25. The second kappa shape index (κ2) is 6.39. The lowest BCUT2D eigenvalue weighted by molar-refractivity contribution is 0.0697. The molecule has 0 bridgehead atoms. The summed E-state index contributed by atoms with van der Waals surface area (Å²) >= 11 is 0. The molecule has 1 aliphatic heterocycles. The minimum Gasteiger partial charge on any atom is -0.478 e. The van der Waals surface area contributed by atoms with Crippen LogP contribution in [0.5, 0.6) is 0 Å². The largest absolute Gasteiger partial charge is 0.478 e. The van der Waals surface area contributed by atoms with Crippen molar-refractivity contribution in [1.29, 1.82) is 0 Å². The number of carboxylic acids is 1. The normalized spacial score (nSPS) is 23.6. The molecule has 0 fully saturated rings. The molecule has 1 N–H and O–H groups in total. The Morgan fingerprint density at radius 1 is 1.10 bits per heavy atom. The van der Waals surface area contributed by atoms with Gasteiger partial charge in [-0.15, -0.1) is 0 Å². The zero-order valence-electron chi connectivity index (χ0n) is 12.6. The van der Waals surface area contributed by atoms with Crippen molar-refractivity contribution in [3.63, 3.8) is 0 Å². The fourth-order valence-corrected chi connectivity index (χ4v) is 2.43. The standard InChI is InChI=1S/C17H20N2O2/c1-12-6-4-5-7-13(2)19(14(3)18-12)16-10-8-15(9-11-16)17(20)21/h6-11H,4-5H2,1-3H3,(H,20,21)/b12-6+,13-7+,18-14-. The molecule has 110 valence electrons. The Bertz CT molecular complexity index is 625. The van der Waals surface area contributed by atoms with E-state index >= 15 is 0 Å². The van der Waals surface area contributed by atoms with Crippen LogP contribution in [0.1, 0.15) is 44.0 Å². The van der Waals surface area contributed by atoms with E-state index in [0.29, 0.717) is 0 Å². The van der Waals surface area contributed by atoms with Gasteiger partial charge in [0.2, 0.25) is 0 Å². The highest BCUT2D eigenvalue weighted by molar-refractivity contribution is 5.99. The molecule has 0 amide bonds. The summed E-state index contributed by atoms with van der Waals surface area (Å²) in [5.74, 6) is -0.0371. The Morgan fingerprint density at radius 2 is 1.71 bits per heavy atom. The fourth-order valence-electron chi connectivity index (χ4n) is 2.43. The molecule has 4 nitrogen and oxygen atoms in total. The van der Waals surface area contributed by atoms with Crippen LogP contribution in [0.3, 0.4) is 0 Å². The van der Waals surface area contributed by atoms with Gasteiger partial charge in [0, 0.05) is 17.1 Å². The van der Waals surface area contributed by atoms with Crippen LogP contribution in [0.15, 0.2) is 52.8 Å². The Labute approximate surface area is 125 Å². The lowest BCUT2D eigenvalue weighted by atomic mass is 10.1. The van der Waals surface area contributed by atoms with Crippen LogP contribution in [-0.4, -0.2) is 16.9 Å². The third kappa shape index (κ3) is 3.60. The number of anilines is 1. The summed E-state index contributed by atoms with van der Waals surface area (Å²) in [5.41, 5.74) is 3.31. The smallest absolute Gasteiger partial charge is 0.335 e. The quantitative estimate of drug-likeness (QED) is 0.885. The average Bonchev–Trinajstić information content (AvgIpc) is 2.49. The molecule has 1 aromatic carbocycles. The molecule has 1 heterocycles. The summed E-state index contributed by atoms with van der Waals surface area (Å²) in [5, 5.41) is 8.99. The number of allylic oxidation sites excluding steroid dienone is 4. The monoisotopic (exact) mass is 284 g/mol. The topological polar surface area (TPSA) is 52.9 Å². The molecule has 1 aliphatic rings.